The molecule has 4 unspecified atom stereocenters. The van der Waals surface area contributed by atoms with E-state index in [4.69, 9.17) is 18.9 Å². The van der Waals surface area contributed by atoms with Crippen molar-refractivity contribution < 1.29 is 28.5 Å². The Bertz CT molecular complexity index is 1330. The van der Waals surface area contributed by atoms with Gasteiger partial charge in [0.05, 0.1) is 11.8 Å². The first-order valence-electron chi connectivity index (χ1n) is 15.2. The number of carbonyl (C=O) groups is 2. The molecular weight excluding hydrogens is 520 g/mol. The first-order chi connectivity index (χ1) is 20.2. The van der Waals surface area contributed by atoms with Crippen LogP contribution in [0.25, 0.3) is 0 Å². The van der Waals surface area contributed by atoms with Gasteiger partial charge in [0.2, 0.25) is 25.4 Å². The van der Waals surface area contributed by atoms with E-state index in [0.717, 1.165) is 93.1 Å². The lowest BCUT2D eigenvalue weighted by Gasteiger charge is -2.42. The summed E-state index contributed by atoms with van der Waals surface area (Å²) in [6.45, 7) is 3.62. The van der Waals surface area contributed by atoms with Crippen LogP contribution in [0, 0.1) is 17.8 Å². The van der Waals surface area contributed by atoms with Gasteiger partial charge in [-0.05, 0) is 86.3 Å². The highest BCUT2D eigenvalue weighted by atomic mass is 16.7. The van der Waals surface area contributed by atoms with Gasteiger partial charge in [0, 0.05) is 32.1 Å². The van der Waals surface area contributed by atoms with E-state index in [-0.39, 0.29) is 49.1 Å². The molecule has 0 saturated carbocycles. The van der Waals surface area contributed by atoms with E-state index in [9.17, 15) is 9.59 Å². The third-order valence-electron chi connectivity index (χ3n) is 9.48. The molecule has 8 nitrogen and oxygen atoms in total. The van der Waals surface area contributed by atoms with Crippen molar-refractivity contribution >= 4 is 11.8 Å². The van der Waals surface area contributed by atoms with Crippen LogP contribution in [0.15, 0.2) is 48.6 Å². The summed E-state index contributed by atoms with van der Waals surface area (Å²) >= 11 is 0. The van der Waals surface area contributed by atoms with Crippen LogP contribution < -0.4 is 18.9 Å². The Morgan fingerprint density at radius 1 is 0.683 bits per heavy atom. The maximum Gasteiger partial charge on any atom is 0.231 e. The van der Waals surface area contributed by atoms with Crippen LogP contribution in [0.3, 0.4) is 0 Å². The number of allylic oxidation sites excluding steroid dienone is 1. The molecule has 5 aliphatic rings. The number of fused-ring (bicyclic) bond motifs is 2. The number of hydrogen-bond acceptors (Lipinski definition) is 6. The Labute approximate surface area is 241 Å². The second kappa shape index (κ2) is 11.3. The van der Waals surface area contributed by atoms with Gasteiger partial charge in [0.15, 0.2) is 23.0 Å². The van der Waals surface area contributed by atoms with E-state index in [2.05, 4.69) is 24.3 Å². The number of aryl methyl sites for hydroxylation is 1. The van der Waals surface area contributed by atoms with Crippen molar-refractivity contribution in [2.24, 2.45) is 17.8 Å². The van der Waals surface area contributed by atoms with Crippen LogP contribution >= 0.6 is 0 Å². The summed E-state index contributed by atoms with van der Waals surface area (Å²) in [7, 11) is 0. The fourth-order valence-electron chi connectivity index (χ4n) is 7.29. The predicted molar refractivity (Wildman–Crippen MR) is 152 cm³/mol. The minimum Gasteiger partial charge on any atom is -0.454 e. The lowest BCUT2D eigenvalue weighted by Crippen LogP contribution is -2.49. The molecule has 0 spiro atoms. The predicted octanol–water partition coefficient (Wildman–Crippen LogP) is 4.91. The van der Waals surface area contributed by atoms with E-state index in [0.29, 0.717) is 5.75 Å². The maximum atomic E-state index is 14.4. The molecule has 0 aromatic heterocycles. The van der Waals surface area contributed by atoms with Gasteiger partial charge in [0.25, 0.3) is 0 Å². The molecule has 0 N–H and O–H groups in total. The zero-order valence-electron chi connectivity index (χ0n) is 23.5. The van der Waals surface area contributed by atoms with Gasteiger partial charge >= 0.3 is 0 Å². The summed E-state index contributed by atoms with van der Waals surface area (Å²) in [4.78, 5) is 32.6. The number of piperidine rings is 1. The van der Waals surface area contributed by atoms with Gasteiger partial charge < -0.3 is 28.7 Å². The van der Waals surface area contributed by atoms with Crippen LogP contribution in [0.2, 0.25) is 0 Å². The van der Waals surface area contributed by atoms with E-state index < -0.39 is 0 Å². The minimum atomic E-state index is -0.341. The van der Waals surface area contributed by atoms with Gasteiger partial charge in [-0.3, -0.25) is 9.59 Å². The molecule has 2 aromatic rings. The molecule has 216 valence electrons. The minimum absolute atomic E-state index is 0.136. The van der Waals surface area contributed by atoms with Crippen LogP contribution in [0.4, 0.5) is 0 Å². The summed E-state index contributed by atoms with van der Waals surface area (Å²) < 4.78 is 22.4. The maximum absolute atomic E-state index is 14.4. The smallest absolute Gasteiger partial charge is 0.231 e. The molecule has 8 heteroatoms. The summed E-state index contributed by atoms with van der Waals surface area (Å²) in [6.07, 6.45) is 11.0. The summed E-state index contributed by atoms with van der Waals surface area (Å²) in [5, 5.41) is 0. The molecule has 7 rings (SSSR count). The van der Waals surface area contributed by atoms with Crippen molar-refractivity contribution in [2.45, 2.75) is 50.9 Å². The molecule has 4 heterocycles. The van der Waals surface area contributed by atoms with Crippen LogP contribution in [-0.4, -0.2) is 61.4 Å². The number of likely N-dealkylation sites (tertiary alicyclic amines) is 2. The first kappa shape index (κ1) is 26.2. The van der Waals surface area contributed by atoms with Crippen LogP contribution in [0.5, 0.6) is 23.0 Å². The monoisotopic (exact) mass is 558 g/mol. The molecule has 41 heavy (non-hydrogen) atoms. The highest BCUT2D eigenvalue weighted by Gasteiger charge is 2.46. The van der Waals surface area contributed by atoms with E-state index in [1.54, 1.807) is 0 Å². The van der Waals surface area contributed by atoms with Crippen molar-refractivity contribution in [1.82, 2.24) is 9.80 Å². The molecule has 0 bridgehead atoms. The Kier molecular flexibility index (Phi) is 7.23. The summed E-state index contributed by atoms with van der Waals surface area (Å²) in [5.74, 6) is 2.34. The number of ether oxygens (including phenoxy) is 4. The van der Waals surface area contributed by atoms with E-state index >= 15 is 0 Å². The number of hydrogen-bond donors (Lipinski definition) is 0. The Balaban J connectivity index is 1.25. The molecule has 0 radical (unpaired) electrons. The van der Waals surface area contributed by atoms with Gasteiger partial charge in [-0.2, -0.15) is 0 Å². The van der Waals surface area contributed by atoms with Crippen molar-refractivity contribution in [3.63, 3.8) is 0 Å². The second-order valence-corrected chi connectivity index (χ2v) is 11.9. The second-order valence-electron chi connectivity index (χ2n) is 11.9. The van der Waals surface area contributed by atoms with Crippen molar-refractivity contribution in [3.8, 4) is 23.0 Å². The molecule has 4 atom stereocenters. The molecule has 2 saturated heterocycles. The normalized spacial score (nSPS) is 26.4. The zero-order valence-corrected chi connectivity index (χ0v) is 23.5. The molecule has 4 aliphatic heterocycles. The molecular formula is C33H38N2O6. The van der Waals surface area contributed by atoms with Gasteiger partial charge in [-0.25, -0.2) is 0 Å². The lowest BCUT2D eigenvalue weighted by atomic mass is 9.65. The number of rotatable bonds is 6. The SMILES string of the molecule is O=C(C1C=CC(c2ccc3c(c2)OCO3)C(C(=O)N2CCCC2)C1CCc1ccc2c(c1)OCO2)N1CCCCC1. The van der Waals surface area contributed by atoms with E-state index in [1.807, 2.05) is 34.1 Å². The average Bonchev–Trinajstić information content (AvgIpc) is 3.81. The average molecular weight is 559 g/mol. The molecule has 2 amide bonds. The number of nitrogens with zero attached hydrogens (tertiary/aromatic N) is 2. The highest BCUT2D eigenvalue weighted by Crippen LogP contribution is 2.47. The largest absolute Gasteiger partial charge is 0.454 e. The fraction of sp³-hybridized carbons (Fsp3) is 0.515. The first-order valence-corrected chi connectivity index (χ1v) is 15.2. The van der Waals surface area contributed by atoms with Crippen molar-refractivity contribution in [3.05, 3.63) is 59.7 Å². The Hall–Kier alpha value is -3.68. The Morgan fingerprint density at radius 2 is 1.29 bits per heavy atom. The molecule has 1 aliphatic carbocycles. The summed E-state index contributed by atoms with van der Waals surface area (Å²) in [6, 6.07) is 12.1. The topological polar surface area (TPSA) is 77.5 Å². The summed E-state index contributed by atoms with van der Waals surface area (Å²) in [5.41, 5.74) is 2.15. The van der Waals surface area contributed by atoms with Gasteiger partial charge in [0.1, 0.15) is 0 Å². The lowest BCUT2D eigenvalue weighted by molar-refractivity contribution is -0.142. The number of amides is 2. The van der Waals surface area contributed by atoms with Crippen molar-refractivity contribution in [2.75, 3.05) is 39.8 Å². The van der Waals surface area contributed by atoms with Crippen molar-refractivity contribution in [1.29, 1.82) is 0 Å². The van der Waals surface area contributed by atoms with Gasteiger partial charge in [-0.1, -0.05) is 24.3 Å². The quantitative estimate of drug-likeness (QED) is 0.469. The van der Waals surface area contributed by atoms with E-state index in [1.165, 1.54) is 6.42 Å². The number of carbonyl (C=O) groups excluding carboxylic acids is 2. The Morgan fingerprint density at radius 3 is 2.02 bits per heavy atom. The number of benzene rings is 2. The standard InChI is InChI=1S/C33H38N2O6/c36-32(34-14-2-1-3-15-34)26-11-10-24(23-8-13-28-30(19-23)41-21-39-28)31(33(37)35-16-4-5-17-35)25(26)9-6-22-7-12-27-29(18-22)40-20-38-27/h7-8,10-13,18-19,24-26,31H,1-6,9,14-17,20-21H2. The molecule has 2 aromatic carbocycles. The van der Waals surface area contributed by atoms with Crippen LogP contribution in [-0.2, 0) is 16.0 Å². The molecule has 2 fully saturated rings. The third-order valence-corrected chi connectivity index (χ3v) is 9.48. The highest BCUT2D eigenvalue weighted by molar-refractivity contribution is 5.86. The zero-order chi connectivity index (χ0) is 27.8. The third kappa shape index (κ3) is 5.13. The fourth-order valence-corrected chi connectivity index (χ4v) is 7.29. The van der Waals surface area contributed by atoms with Gasteiger partial charge in [-0.15, -0.1) is 0 Å². The van der Waals surface area contributed by atoms with Crippen LogP contribution in [0.1, 0.15) is 55.6 Å².